The van der Waals surface area contributed by atoms with Crippen LogP contribution in [0.2, 0.25) is 0 Å². The van der Waals surface area contributed by atoms with Crippen LogP contribution in [-0.4, -0.2) is 57.0 Å². The third-order valence-corrected chi connectivity index (χ3v) is 5.56. The van der Waals surface area contributed by atoms with E-state index in [1.54, 1.807) is 18.6 Å². The molecule has 3 aromatic heterocycles. The van der Waals surface area contributed by atoms with Crippen molar-refractivity contribution in [2.24, 2.45) is 5.10 Å². The fourth-order valence-corrected chi connectivity index (χ4v) is 3.97. The third-order valence-electron chi connectivity index (χ3n) is 5.56. The van der Waals surface area contributed by atoms with Crippen molar-refractivity contribution in [3.05, 3.63) is 59.9 Å². The molecule has 4 aromatic rings. The molecule has 9 nitrogen and oxygen atoms in total. The molecule has 0 spiro atoms. The van der Waals surface area contributed by atoms with Gasteiger partial charge in [0.1, 0.15) is 5.82 Å². The molecule has 0 aliphatic carbocycles. The lowest BCUT2D eigenvalue weighted by Crippen LogP contribution is -2.37. The molecule has 5 rings (SSSR count). The Morgan fingerprint density at radius 2 is 1.91 bits per heavy atom. The molecule has 9 heteroatoms. The lowest BCUT2D eigenvalue weighted by molar-refractivity contribution is 0.122. The second-order valence-corrected chi connectivity index (χ2v) is 7.84. The molecule has 1 saturated heterocycles. The molecule has 0 unspecified atom stereocenters. The zero-order chi connectivity index (χ0) is 22.6. The van der Waals surface area contributed by atoms with Crippen LogP contribution in [0.1, 0.15) is 18.1 Å². The summed E-state index contributed by atoms with van der Waals surface area (Å²) in [5.41, 5.74) is 7.75. The number of hydrogen-bond acceptors (Lipinski definition) is 8. The Hall–Kier alpha value is -3.85. The summed E-state index contributed by atoms with van der Waals surface area (Å²) in [5.74, 6) is 2.07. The van der Waals surface area contributed by atoms with Crippen LogP contribution in [0.25, 0.3) is 22.6 Å². The maximum absolute atomic E-state index is 5.55. The van der Waals surface area contributed by atoms with Crippen LogP contribution in [0.5, 0.6) is 0 Å². The summed E-state index contributed by atoms with van der Waals surface area (Å²) in [6.45, 7) is 7.69. The van der Waals surface area contributed by atoms with E-state index in [2.05, 4.69) is 51.0 Å². The van der Waals surface area contributed by atoms with Crippen LogP contribution in [0, 0.1) is 6.92 Å². The molecule has 1 fully saturated rings. The summed E-state index contributed by atoms with van der Waals surface area (Å²) in [6.07, 6.45) is 5.32. The molecule has 0 bridgehead atoms. The smallest absolute Gasteiger partial charge is 0.247 e. The molecule has 0 amide bonds. The van der Waals surface area contributed by atoms with Gasteiger partial charge in [0.2, 0.25) is 5.95 Å². The fourth-order valence-electron chi connectivity index (χ4n) is 3.97. The number of hydrazone groups is 1. The lowest BCUT2D eigenvalue weighted by Gasteiger charge is -2.28. The first-order chi connectivity index (χ1) is 16.2. The number of rotatable bonds is 6. The molecule has 0 saturated carbocycles. The first-order valence-corrected chi connectivity index (χ1v) is 11.1. The first kappa shape index (κ1) is 21.0. The Bertz CT molecular complexity index is 1280. The van der Waals surface area contributed by atoms with Crippen molar-refractivity contribution in [1.82, 2.24) is 24.5 Å². The van der Waals surface area contributed by atoms with E-state index in [1.165, 1.54) is 5.56 Å². The van der Waals surface area contributed by atoms with Crippen molar-refractivity contribution < 1.29 is 4.74 Å². The Labute approximate surface area is 192 Å². The van der Waals surface area contributed by atoms with Crippen molar-refractivity contribution in [1.29, 1.82) is 0 Å². The van der Waals surface area contributed by atoms with Gasteiger partial charge in [0.05, 0.1) is 19.4 Å². The first-order valence-electron chi connectivity index (χ1n) is 11.1. The van der Waals surface area contributed by atoms with Gasteiger partial charge in [0, 0.05) is 37.6 Å². The second kappa shape index (κ2) is 9.33. The minimum absolute atomic E-state index is 0.434. The number of anilines is 2. The van der Waals surface area contributed by atoms with Gasteiger partial charge < -0.3 is 14.2 Å². The average molecular weight is 443 g/mol. The standard InChI is InChI=1S/C24H26N8O/c1-3-32-21(19-7-9-25-10-8-19)27-20-22(31-11-13-33-14-12-31)28-24(29-23(20)32)30-26-16-18-6-4-5-17(2)15-18/h4-10,15-16H,3,11-14H2,1-2H3,(H,28,29,30). The molecule has 33 heavy (non-hydrogen) atoms. The topological polar surface area (TPSA) is 93.4 Å². The average Bonchev–Trinajstić information content (AvgIpc) is 3.23. The van der Waals surface area contributed by atoms with Gasteiger partial charge in [-0.15, -0.1) is 0 Å². The summed E-state index contributed by atoms with van der Waals surface area (Å²) in [4.78, 5) is 20.9. The quantitative estimate of drug-likeness (QED) is 0.361. The van der Waals surface area contributed by atoms with Crippen molar-refractivity contribution in [3.63, 3.8) is 0 Å². The summed E-state index contributed by atoms with van der Waals surface area (Å²) in [7, 11) is 0. The number of ether oxygens (including phenoxy) is 1. The molecule has 1 aliphatic rings. The maximum Gasteiger partial charge on any atom is 0.247 e. The minimum Gasteiger partial charge on any atom is -0.378 e. The number of nitrogens with zero attached hydrogens (tertiary/aromatic N) is 7. The van der Waals surface area contributed by atoms with Crippen molar-refractivity contribution >= 4 is 29.1 Å². The molecule has 0 atom stereocenters. The molecule has 0 radical (unpaired) electrons. The van der Waals surface area contributed by atoms with Crippen molar-refractivity contribution in [2.45, 2.75) is 20.4 Å². The monoisotopic (exact) mass is 442 g/mol. The predicted molar refractivity (Wildman–Crippen MR) is 130 cm³/mol. The highest BCUT2D eigenvalue weighted by atomic mass is 16.5. The number of fused-ring (bicyclic) bond motifs is 1. The van der Waals surface area contributed by atoms with Gasteiger partial charge in [-0.1, -0.05) is 29.8 Å². The van der Waals surface area contributed by atoms with Gasteiger partial charge >= 0.3 is 0 Å². The van der Waals surface area contributed by atoms with Gasteiger partial charge in [-0.3, -0.25) is 4.98 Å². The Morgan fingerprint density at radius 1 is 1.09 bits per heavy atom. The molecule has 1 aromatic carbocycles. The largest absolute Gasteiger partial charge is 0.378 e. The lowest BCUT2D eigenvalue weighted by atomic mass is 10.2. The van der Waals surface area contributed by atoms with Crippen LogP contribution in [0.3, 0.4) is 0 Å². The van der Waals surface area contributed by atoms with E-state index < -0.39 is 0 Å². The molecule has 1 N–H and O–H groups in total. The van der Waals surface area contributed by atoms with E-state index >= 15 is 0 Å². The SMILES string of the molecule is CCn1c(-c2ccncc2)nc2c(N3CCOCC3)nc(NN=Cc3cccc(C)c3)nc21. The highest BCUT2D eigenvalue weighted by Gasteiger charge is 2.23. The van der Waals surface area contributed by atoms with Gasteiger partial charge in [0.25, 0.3) is 0 Å². The van der Waals surface area contributed by atoms with Crippen LogP contribution in [0.4, 0.5) is 11.8 Å². The van der Waals surface area contributed by atoms with E-state index in [0.717, 1.165) is 53.6 Å². The zero-order valence-corrected chi connectivity index (χ0v) is 18.8. The maximum atomic E-state index is 5.55. The van der Waals surface area contributed by atoms with E-state index in [1.807, 2.05) is 24.3 Å². The summed E-state index contributed by atoms with van der Waals surface area (Å²) in [6, 6.07) is 12.1. The predicted octanol–water partition coefficient (Wildman–Crippen LogP) is 3.50. The summed E-state index contributed by atoms with van der Waals surface area (Å²) < 4.78 is 7.65. The molecule has 4 heterocycles. The highest BCUT2D eigenvalue weighted by Crippen LogP contribution is 2.30. The zero-order valence-electron chi connectivity index (χ0n) is 18.8. The van der Waals surface area contributed by atoms with Gasteiger partial charge in [-0.25, -0.2) is 10.4 Å². The number of hydrogen-bond donors (Lipinski definition) is 1. The van der Waals surface area contributed by atoms with Gasteiger partial charge in [-0.2, -0.15) is 15.1 Å². The van der Waals surface area contributed by atoms with Crippen molar-refractivity contribution in [3.8, 4) is 11.4 Å². The second-order valence-electron chi connectivity index (χ2n) is 7.84. The Morgan fingerprint density at radius 3 is 2.67 bits per heavy atom. The Balaban J connectivity index is 1.58. The highest BCUT2D eigenvalue weighted by molar-refractivity contribution is 5.88. The molecular formula is C24H26N8O. The third kappa shape index (κ3) is 4.40. The fraction of sp³-hybridized carbons (Fsp3) is 0.292. The van der Waals surface area contributed by atoms with E-state index in [0.29, 0.717) is 19.2 Å². The van der Waals surface area contributed by atoms with Gasteiger partial charge in [0.15, 0.2) is 17.0 Å². The van der Waals surface area contributed by atoms with Crippen molar-refractivity contribution in [2.75, 3.05) is 36.6 Å². The summed E-state index contributed by atoms with van der Waals surface area (Å²) in [5, 5.41) is 4.39. The Kier molecular flexibility index (Phi) is 5.95. The number of benzene rings is 1. The number of aryl methyl sites for hydroxylation is 2. The van der Waals surface area contributed by atoms with Crippen LogP contribution >= 0.6 is 0 Å². The molecular weight excluding hydrogens is 416 g/mol. The molecule has 168 valence electrons. The van der Waals surface area contributed by atoms with Crippen LogP contribution in [-0.2, 0) is 11.3 Å². The number of morpholine rings is 1. The number of pyridine rings is 1. The minimum atomic E-state index is 0.434. The molecule has 1 aliphatic heterocycles. The van der Waals surface area contributed by atoms with E-state index in [-0.39, 0.29) is 0 Å². The van der Waals surface area contributed by atoms with Crippen LogP contribution in [0.15, 0.2) is 53.9 Å². The normalized spacial score (nSPS) is 14.3. The van der Waals surface area contributed by atoms with Gasteiger partial charge in [-0.05, 0) is 31.5 Å². The van der Waals surface area contributed by atoms with E-state index in [9.17, 15) is 0 Å². The number of aromatic nitrogens is 5. The van der Waals surface area contributed by atoms with Crippen LogP contribution < -0.4 is 10.3 Å². The van der Waals surface area contributed by atoms with E-state index in [4.69, 9.17) is 19.7 Å². The number of imidazole rings is 1. The number of nitrogens with one attached hydrogen (secondary N) is 1. The summed E-state index contributed by atoms with van der Waals surface area (Å²) >= 11 is 0.